The second kappa shape index (κ2) is 7.75. The zero-order valence-electron chi connectivity index (χ0n) is 12.8. The number of hydrogen-bond donors (Lipinski definition) is 2. The lowest BCUT2D eigenvalue weighted by Crippen LogP contribution is -2.39. The average molecular weight is 279 g/mol. The van der Waals surface area contributed by atoms with Gasteiger partial charge in [-0.25, -0.2) is 0 Å². The number of amides is 1. The van der Waals surface area contributed by atoms with Crippen LogP contribution in [-0.4, -0.2) is 37.0 Å². The summed E-state index contributed by atoms with van der Waals surface area (Å²) in [7, 11) is 1.58. The first-order valence-corrected chi connectivity index (χ1v) is 6.99. The summed E-state index contributed by atoms with van der Waals surface area (Å²) in [5, 5.41) is 2.84. The van der Waals surface area contributed by atoms with E-state index in [1.54, 1.807) is 25.3 Å². The first-order chi connectivity index (χ1) is 9.51. The molecule has 3 N–H and O–H groups in total. The molecule has 1 atom stereocenters. The van der Waals surface area contributed by atoms with Crippen molar-refractivity contribution in [2.24, 2.45) is 0 Å². The molecule has 5 heteroatoms. The number of anilines is 2. The Labute approximate surface area is 121 Å². The minimum atomic E-state index is -0.0518. The second-order valence-electron chi connectivity index (χ2n) is 4.82. The third kappa shape index (κ3) is 4.42. The van der Waals surface area contributed by atoms with Crippen molar-refractivity contribution in [2.75, 3.05) is 31.2 Å². The Bertz CT molecular complexity index is 449. The molecule has 0 radical (unpaired) electrons. The van der Waals surface area contributed by atoms with Crippen molar-refractivity contribution in [3.63, 3.8) is 0 Å². The molecule has 112 valence electrons. The van der Waals surface area contributed by atoms with Gasteiger partial charge in [-0.05, 0) is 32.0 Å². The van der Waals surface area contributed by atoms with E-state index < -0.39 is 0 Å². The van der Waals surface area contributed by atoms with Crippen molar-refractivity contribution in [1.29, 1.82) is 0 Å². The van der Waals surface area contributed by atoms with E-state index in [0.717, 1.165) is 13.0 Å². The molecule has 0 fully saturated rings. The Balaban J connectivity index is 2.66. The first-order valence-electron chi connectivity index (χ1n) is 6.99. The molecular weight excluding hydrogens is 254 g/mol. The van der Waals surface area contributed by atoms with Gasteiger partial charge in [0.2, 0.25) is 5.91 Å². The van der Waals surface area contributed by atoms with Crippen molar-refractivity contribution < 1.29 is 9.53 Å². The lowest BCUT2D eigenvalue weighted by molar-refractivity contribution is -0.117. The van der Waals surface area contributed by atoms with Gasteiger partial charge in [0.15, 0.2) is 0 Å². The second-order valence-corrected chi connectivity index (χ2v) is 4.82. The molecule has 0 bridgehead atoms. The Hall–Kier alpha value is -1.75. The van der Waals surface area contributed by atoms with Crippen LogP contribution >= 0.6 is 0 Å². The van der Waals surface area contributed by atoms with E-state index in [0.29, 0.717) is 29.7 Å². The molecule has 0 aliphatic rings. The normalized spacial score (nSPS) is 12.2. The van der Waals surface area contributed by atoms with Gasteiger partial charge in [0.05, 0.1) is 25.0 Å². The number of likely N-dealkylation sites (N-methyl/N-ethyl adjacent to an activating group) is 1. The van der Waals surface area contributed by atoms with Crippen LogP contribution < -0.4 is 15.8 Å². The predicted molar refractivity (Wildman–Crippen MR) is 83.0 cm³/mol. The largest absolute Gasteiger partial charge is 0.497 e. The highest BCUT2D eigenvalue weighted by atomic mass is 16.5. The van der Waals surface area contributed by atoms with E-state index >= 15 is 0 Å². The maximum Gasteiger partial charge on any atom is 0.238 e. The SMILES string of the molecule is CCC(C)N(CC)CC(=O)Nc1ccc(OC)cc1N. The van der Waals surface area contributed by atoms with Gasteiger partial charge in [-0.1, -0.05) is 13.8 Å². The van der Waals surface area contributed by atoms with E-state index in [1.807, 2.05) is 0 Å². The number of carbonyl (C=O) groups excluding carboxylic acids is 1. The monoisotopic (exact) mass is 279 g/mol. The molecule has 0 heterocycles. The van der Waals surface area contributed by atoms with Gasteiger partial charge in [0.25, 0.3) is 0 Å². The Morgan fingerprint density at radius 2 is 2.15 bits per heavy atom. The Morgan fingerprint density at radius 3 is 2.65 bits per heavy atom. The van der Waals surface area contributed by atoms with E-state index in [9.17, 15) is 4.79 Å². The number of nitrogens with zero attached hydrogens (tertiary/aromatic N) is 1. The molecule has 5 nitrogen and oxygen atoms in total. The summed E-state index contributed by atoms with van der Waals surface area (Å²) in [6.07, 6.45) is 1.02. The summed E-state index contributed by atoms with van der Waals surface area (Å²) in [6.45, 7) is 7.52. The summed E-state index contributed by atoms with van der Waals surface area (Å²) in [5.41, 5.74) is 7.01. The number of methoxy groups -OCH3 is 1. The summed E-state index contributed by atoms with van der Waals surface area (Å²) < 4.78 is 5.08. The van der Waals surface area contributed by atoms with E-state index in [-0.39, 0.29) is 5.91 Å². The van der Waals surface area contributed by atoms with Gasteiger partial charge in [-0.3, -0.25) is 9.69 Å². The van der Waals surface area contributed by atoms with Crippen LogP contribution in [0.2, 0.25) is 0 Å². The topological polar surface area (TPSA) is 67.6 Å². The number of nitrogens with two attached hydrogens (primary N) is 1. The molecule has 1 amide bonds. The smallest absolute Gasteiger partial charge is 0.238 e. The van der Waals surface area contributed by atoms with Crippen molar-refractivity contribution in [3.8, 4) is 5.75 Å². The fraction of sp³-hybridized carbons (Fsp3) is 0.533. The lowest BCUT2D eigenvalue weighted by atomic mass is 10.2. The highest BCUT2D eigenvalue weighted by molar-refractivity contribution is 5.95. The molecule has 0 spiro atoms. The fourth-order valence-corrected chi connectivity index (χ4v) is 1.99. The van der Waals surface area contributed by atoms with Gasteiger partial charge in [-0.2, -0.15) is 0 Å². The minimum absolute atomic E-state index is 0.0518. The number of carbonyl (C=O) groups is 1. The Morgan fingerprint density at radius 1 is 1.45 bits per heavy atom. The number of ether oxygens (including phenoxy) is 1. The molecular formula is C15H25N3O2. The molecule has 0 saturated heterocycles. The van der Waals surface area contributed by atoms with Gasteiger partial charge < -0.3 is 15.8 Å². The molecule has 0 saturated carbocycles. The summed E-state index contributed by atoms with van der Waals surface area (Å²) in [4.78, 5) is 14.2. The zero-order chi connectivity index (χ0) is 15.1. The molecule has 0 aliphatic carbocycles. The molecule has 1 rings (SSSR count). The average Bonchev–Trinajstić information content (AvgIpc) is 2.45. The summed E-state index contributed by atoms with van der Waals surface area (Å²) in [5.74, 6) is 0.624. The third-order valence-corrected chi connectivity index (χ3v) is 3.50. The van der Waals surface area contributed by atoms with Gasteiger partial charge in [0.1, 0.15) is 5.75 Å². The fourth-order valence-electron chi connectivity index (χ4n) is 1.99. The summed E-state index contributed by atoms with van der Waals surface area (Å²) in [6, 6.07) is 5.62. The van der Waals surface area contributed by atoms with E-state index in [1.165, 1.54) is 0 Å². The predicted octanol–water partition coefficient (Wildman–Crippen LogP) is 2.34. The van der Waals surface area contributed by atoms with Crippen molar-refractivity contribution >= 4 is 17.3 Å². The van der Waals surface area contributed by atoms with Crippen molar-refractivity contribution in [2.45, 2.75) is 33.2 Å². The van der Waals surface area contributed by atoms with Gasteiger partial charge >= 0.3 is 0 Å². The highest BCUT2D eigenvalue weighted by Gasteiger charge is 2.15. The maximum absolute atomic E-state index is 12.1. The maximum atomic E-state index is 12.1. The van der Waals surface area contributed by atoms with E-state index in [4.69, 9.17) is 10.5 Å². The van der Waals surface area contributed by atoms with Crippen LogP contribution in [0.3, 0.4) is 0 Å². The molecule has 1 aromatic carbocycles. The number of nitrogen functional groups attached to an aromatic ring is 1. The van der Waals surface area contributed by atoms with Gasteiger partial charge in [0, 0.05) is 12.1 Å². The number of nitrogens with one attached hydrogen (secondary N) is 1. The molecule has 0 aromatic heterocycles. The van der Waals surface area contributed by atoms with Crippen LogP contribution in [-0.2, 0) is 4.79 Å². The molecule has 0 aliphatic heterocycles. The van der Waals surface area contributed by atoms with Crippen molar-refractivity contribution in [3.05, 3.63) is 18.2 Å². The van der Waals surface area contributed by atoms with Crippen molar-refractivity contribution in [1.82, 2.24) is 4.90 Å². The zero-order valence-corrected chi connectivity index (χ0v) is 12.8. The lowest BCUT2D eigenvalue weighted by Gasteiger charge is -2.26. The van der Waals surface area contributed by atoms with Crippen LogP contribution in [0.5, 0.6) is 5.75 Å². The van der Waals surface area contributed by atoms with E-state index in [2.05, 4.69) is 31.0 Å². The molecule has 1 aromatic rings. The van der Waals surface area contributed by atoms with Crippen LogP contribution in [0.4, 0.5) is 11.4 Å². The van der Waals surface area contributed by atoms with Gasteiger partial charge in [-0.15, -0.1) is 0 Å². The van der Waals surface area contributed by atoms with Crippen LogP contribution in [0.25, 0.3) is 0 Å². The standard InChI is InChI=1S/C15H25N3O2/c1-5-11(3)18(6-2)10-15(19)17-14-8-7-12(20-4)9-13(14)16/h7-9,11H,5-6,10,16H2,1-4H3,(H,17,19). The van der Waals surface area contributed by atoms with Crippen LogP contribution in [0, 0.1) is 0 Å². The van der Waals surface area contributed by atoms with Crippen LogP contribution in [0.1, 0.15) is 27.2 Å². The number of benzene rings is 1. The third-order valence-electron chi connectivity index (χ3n) is 3.50. The Kier molecular flexibility index (Phi) is 6.31. The summed E-state index contributed by atoms with van der Waals surface area (Å²) >= 11 is 0. The molecule has 20 heavy (non-hydrogen) atoms. The van der Waals surface area contributed by atoms with Crippen LogP contribution in [0.15, 0.2) is 18.2 Å². The first kappa shape index (κ1) is 16.3. The quantitative estimate of drug-likeness (QED) is 0.752. The highest BCUT2D eigenvalue weighted by Crippen LogP contribution is 2.23. The molecule has 1 unspecified atom stereocenters. The minimum Gasteiger partial charge on any atom is -0.497 e. The number of hydrogen-bond acceptors (Lipinski definition) is 4. The number of rotatable bonds is 7.